The molecule has 1 saturated carbocycles. The van der Waals surface area contributed by atoms with Gasteiger partial charge in [-0.1, -0.05) is 36.4 Å². The Bertz CT molecular complexity index is 665. The number of benzene rings is 2. The Morgan fingerprint density at radius 3 is 2.76 bits per heavy atom. The summed E-state index contributed by atoms with van der Waals surface area (Å²) in [6.45, 7) is 0. The van der Waals surface area contributed by atoms with E-state index in [0.717, 1.165) is 22.9 Å². The van der Waals surface area contributed by atoms with E-state index in [1.54, 1.807) is 7.05 Å². The molecule has 0 aliphatic heterocycles. The predicted molar refractivity (Wildman–Crippen MR) is 83.2 cm³/mol. The Labute approximate surface area is 124 Å². The number of ether oxygens (including phenoxy) is 1. The van der Waals surface area contributed by atoms with Gasteiger partial charge in [-0.2, -0.15) is 0 Å². The third kappa shape index (κ3) is 2.47. The number of amides is 1. The number of hydrogen-bond acceptors (Lipinski definition) is 3. The number of nitrogens with two attached hydrogens (primary N) is 1. The summed E-state index contributed by atoms with van der Waals surface area (Å²) >= 11 is 0. The molecule has 0 spiro atoms. The molecule has 21 heavy (non-hydrogen) atoms. The Morgan fingerprint density at radius 2 is 2.05 bits per heavy atom. The maximum atomic E-state index is 11.7. The normalized spacial score (nSPS) is 25.1. The van der Waals surface area contributed by atoms with E-state index < -0.39 is 5.54 Å². The fourth-order valence-corrected chi connectivity index (χ4v) is 3.15. The predicted octanol–water partition coefficient (Wildman–Crippen LogP) is 2.21. The van der Waals surface area contributed by atoms with Gasteiger partial charge in [0, 0.05) is 11.8 Å². The van der Waals surface area contributed by atoms with Crippen LogP contribution in [0.15, 0.2) is 42.5 Å². The van der Waals surface area contributed by atoms with Gasteiger partial charge in [0.2, 0.25) is 5.91 Å². The summed E-state index contributed by atoms with van der Waals surface area (Å²) in [6.07, 6.45) is 2.17. The number of fused-ring (bicyclic) bond motifs is 1. The topological polar surface area (TPSA) is 64.3 Å². The number of hydrogen-bond donors (Lipinski definition) is 2. The van der Waals surface area contributed by atoms with Gasteiger partial charge in [0.25, 0.3) is 0 Å². The summed E-state index contributed by atoms with van der Waals surface area (Å²) in [5, 5.41) is 5.33. The summed E-state index contributed by atoms with van der Waals surface area (Å²) < 4.78 is 6.15. The average molecular weight is 284 g/mol. The molecular weight excluding hydrogens is 264 g/mol. The molecule has 3 N–H and O–H groups in total. The van der Waals surface area contributed by atoms with Crippen molar-refractivity contribution in [2.45, 2.75) is 30.9 Å². The Kier molecular flexibility index (Phi) is 3.55. The highest BCUT2D eigenvalue weighted by molar-refractivity contribution is 5.88. The molecule has 3 rings (SSSR count). The molecule has 1 aliphatic rings. The molecule has 2 unspecified atom stereocenters. The smallest absolute Gasteiger partial charge is 0.237 e. The van der Waals surface area contributed by atoms with Crippen LogP contribution in [0.5, 0.6) is 5.75 Å². The van der Waals surface area contributed by atoms with E-state index >= 15 is 0 Å². The van der Waals surface area contributed by atoms with E-state index in [0.29, 0.717) is 12.8 Å². The lowest BCUT2D eigenvalue weighted by Crippen LogP contribution is -2.52. The van der Waals surface area contributed by atoms with Crippen LogP contribution in [0.3, 0.4) is 0 Å². The molecule has 0 saturated heterocycles. The number of likely N-dealkylation sites (N-methyl/N-ethyl adjacent to an activating group) is 1. The zero-order valence-electron chi connectivity index (χ0n) is 12.1. The Balaban J connectivity index is 1.83. The first kappa shape index (κ1) is 13.9. The molecule has 110 valence electrons. The molecule has 0 aromatic heterocycles. The van der Waals surface area contributed by atoms with Crippen molar-refractivity contribution in [2.24, 2.45) is 5.73 Å². The highest BCUT2D eigenvalue weighted by atomic mass is 16.5. The number of primary amides is 1. The summed E-state index contributed by atoms with van der Waals surface area (Å²) in [7, 11) is 1.78. The first-order valence-electron chi connectivity index (χ1n) is 7.28. The molecule has 4 heteroatoms. The van der Waals surface area contributed by atoms with Crippen LogP contribution in [0.4, 0.5) is 0 Å². The van der Waals surface area contributed by atoms with Crippen molar-refractivity contribution < 1.29 is 9.53 Å². The molecule has 2 atom stereocenters. The first-order chi connectivity index (χ1) is 10.1. The van der Waals surface area contributed by atoms with Gasteiger partial charge in [0.15, 0.2) is 0 Å². The highest BCUT2D eigenvalue weighted by Crippen LogP contribution is 2.34. The second-order valence-electron chi connectivity index (χ2n) is 5.66. The highest BCUT2D eigenvalue weighted by Gasteiger charge is 2.43. The van der Waals surface area contributed by atoms with E-state index in [9.17, 15) is 4.79 Å². The van der Waals surface area contributed by atoms with Crippen molar-refractivity contribution in [3.8, 4) is 5.75 Å². The standard InChI is InChI=1S/C17H20N2O2/c1-19-17(16(18)20)10-9-13(11-17)21-15-8-4-6-12-5-2-3-7-14(12)15/h2-8,13,19H,9-11H2,1H3,(H2,18,20). The van der Waals surface area contributed by atoms with Gasteiger partial charge in [-0.05, 0) is 31.3 Å². The lowest BCUT2D eigenvalue weighted by atomic mass is 9.97. The zero-order valence-corrected chi connectivity index (χ0v) is 12.1. The molecule has 2 aromatic carbocycles. The van der Waals surface area contributed by atoms with Gasteiger partial charge in [-0.3, -0.25) is 4.79 Å². The number of carbonyl (C=O) groups is 1. The minimum atomic E-state index is -0.630. The molecule has 0 radical (unpaired) electrons. The van der Waals surface area contributed by atoms with Crippen molar-refractivity contribution >= 4 is 16.7 Å². The van der Waals surface area contributed by atoms with Crippen LogP contribution in [0.25, 0.3) is 10.8 Å². The number of nitrogens with one attached hydrogen (secondary N) is 1. The fourth-order valence-electron chi connectivity index (χ4n) is 3.15. The van der Waals surface area contributed by atoms with Crippen LogP contribution >= 0.6 is 0 Å². The third-order valence-corrected chi connectivity index (χ3v) is 4.46. The van der Waals surface area contributed by atoms with Crippen LogP contribution in [-0.2, 0) is 4.79 Å². The van der Waals surface area contributed by atoms with Crippen LogP contribution in [0.2, 0.25) is 0 Å². The molecular formula is C17H20N2O2. The van der Waals surface area contributed by atoms with Crippen LogP contribution in [-0.4, -0.2) is 24.6 Å². The molecule has 0 heterocycles. The van der Waals surface area contributed by atoms with Gasteiger partial charge in [-0.25, -0.2) is 0 Å². The van der Waals surface area contributed by atoms with E-state index in [4.69, 9.17) is 10.5 Å². The average Bonchev–Trinajstić information content (AvgIpc) is 2.92. The Hall–Kier alpha value is -2.07. The quantitative estimate of drug-likeness (QED) is 0.904. The van der Waals surface area contributed by atoms with E-state index in [2.05, 4.69) is 23.5 Å². The fraction of sp³-hybridized carbons (Fsp3) is 0.353. The van der Waals surface area contributed by atoms with E-state index in [-0.39, 0.29) is 12.0 Å². The van der Waals surface area contributed by atoms with Crippen LogP contribution in [0.1, 0.15) is 19.3 Å². The van der Waals surface area contributed by atoms with Crippen molar-refractivity contribution in [1.82, 2.24) is 5.32 Å². The maximum absolute atomic E-state index is 11.7. The second-order valence-corrected chi connectivity index (χ2v) is 5.66. The lowest BCUT2D eigenvalue weighted by molar-refractivity contribution is -0.124. The second kappa shape index (κ2) is 5.37. The summed E-state index contributed by atoms with van der Waals surface area (Å²) in [6, 6.07) is 14.2. The summed E-state index contributed by atoms with van der Waals surface area (Å²) in [4.78, 5) is 11.7. The van der Waals surface area contributed by atoms with Gasteiger partial charge in [0.05, 0.1) is 0 Å². The van der Waals surface area contributed by atoms with Crippen LogP contribution < -0.4 is 15.8 Å². The van der Waals surface area contributed by atoms with Gasteiger partial charge in [-0.15, -0.1) is 0 Å². The molecule has 1 aliphatic carbocycles. The SMILES string of the molecule is CNC1(C(N)=O)CCC(Oc2cccc3ccccc23)C1. The lowest BCUT2D eigenvalue weighted by Gasteiger charge is -2.25. The largest absolute Gasteiger partial charge is 0.490 e. The Morgan fingerprint density at radius 1 is 1.29 bits per heavy atom. The van der Waals surface area contributed by atoms with Crippen molar-refractivity contribution in [3.05, 3.63) is 42.5 Å². The third-order valence-electron chi connectivity index (χ3n) is 4.46. The van der Waals surface area contributed by atoms with Gasteiger partial charge >= 0.3 is 0 Å². The van der Waals surface area contributed by atoms with E-state index in [1.165, 1.54) is 0 Å². The molecule has 1 fully saturated rings. The van der Waals surface area contributed by atoms with Crippen molar-refractivity contribution in [3.63, 3.8) is 0 Å². The van der Waals surface area contributed by atoms with Crippen LogP contribution in [0, 0.1) is 0 Å². The summed E-state index contributed by atoms with van der Waals surface area (Å²) in [5.74, 6) is 0.573. The molecule has 1 amide bonds. The van der Waals surface area contributed by atoms with Gasteiger partial charge < -0.3 is 15.8 Å². The monoisotopic (exact) mass is 284 g/mol. The first-order valence-corrected chi connectivity index (χ1v) is 7.28. The molecule has 0 bridgehead atoms. The minimum absolute atomic E-state index is 0.00996. The minimum Gasteiger partial charge on any atom is -0.490 e. The maximum Gasteiger partial charge on any atom is 0.237 e. The van der Waals surface area contributed by atoms with Crippen molar-refractivity contribution in [2.75, 3.05) is 7.05 Å². The zero-order chi connectivity index (χ0) is 14.9. The van der Waals surface area contributed by atoms with Gasteiger partial charge in [0.1, 0.15) is 17.4 Å². The molecule has 2 aromatic rings. The number of carbonyl (C=O) groups excluding carboxylic acids is 1. The van der Waals surface area contributed by atoms with E-state index in [1.807, 2.05) is 24.3 Å². The summed E-state index contributed by atoms with van der Waals surface area (Å²) in [5.41, 5.74) is 4.90. The van der Waals surface area contributed by atoms with Crippen molar-refractivity contribution in [1.29, 1.82) is 0 Å². The molecule has 4 nitrogen and oxygen atoms in total. The number of rotatable bonds is 4.